The molecule has 3 atom stereocenters. The van der Waals surface area contributed by atoms with E-state index in [1.54, 1.807) is 24.2 Å². The molecule has 1 aromatic heterocycles. The number of alkyl halides is 3. The normalized spacial score (nSPS) is 18.5. The predicted molar refractivity (Wildman–Crippen MR) is 144 cm³/mol. The number of imidazole rings is 1. The Bertz CT molecular complexity index is 1140. The van der Waals surface area contributed by atoms with Crippen LogP contribution in [0.5, 0.6) is 5.75 Å². The molecular formula is C26H32F3N3O6S. The lowest BCUT2D eigenvalue weighted by molar-refractivity contribution is -0.274. The molecule has 39 heavy (non-hydrogen) atoms. The third-order valence-corrected chi connectivity index (χ3v) is 5.69. The van der Waals surface area contributed by atoms with Crippen molar-refractivity contribution in [2.75, 3.05) is 26.6 Å². The number of hydrogen-bond acceptors (Lipinski definition) is 8. The zero-order chi connectivity index (χ0) is 29.0. The molecule has 3 N–H and O–H groups in total. The van der Waals surface area contributed by atoms with Gasteiger partial charge in [-0.05, 0) is 62.0 Å². The van der Waals surface area contributed by atoms with E-state index >= 15 is 0 Å². The summed E-state index contributed by atoms with van der Waals surface area (Å²) < 4.78 is 59.5. The van der Waals surface area contributed by atoms with Gasteiger partial charge < -0.3 is 39.0 Å². The summed E-state index contributed by atoms with van der Waals surface area (Å²) in [5, 5.41) is 17.3. The minimum atomic E-state index is -4.73. The average Bonchev–Trinajstić information content (AvgIpc) is 3.41. The zero-order valence-electron chi connectivity index (χ0n) is 21.9. The second-order valence-corrected chi connectivity index (χ2v) is 8.31. The van der Waals surface area contributed by atoms with Gasteiger partial charge in [0.15, 0.2) is 0 Å². The van der Waals surface area contributed by atoms with Crippen LogP contribution in [0.2, 0.25) is 0 Å². The molecule has 0 saturated carbocycles. The average molecular weight is 572 g/mol. The highest BCUT2D eigenvalue weighted by molar-refractivity contribution is 7.80. The summed E-state index contributed by atoms with van der Waals surface area (Å²) in [6.07, 6.45) is -0.289. The maximum absolute atomic E-state index is 12.3. The Labute approximate surface area is 230 Å². The molecule has 0 bridgehead atoms. The summed E-state index contributed by atoms with van der Waals surface area (Å²) in [5.41, 5.74) is 2.95. The summed E-state index contributed by atoms with van der Waals surface area (Å²) in [6, 6.07) is 13.0. The van der Waals surface area contributed by atoms with Gasteiger partial charge in [0.05, 0.1) is 24.2 Å². The summed E-state index contributed by atoms with van der Waals surface area (Å²) in [7, 11) is 3.67. The molecule has 0 aliphatic carbocycles. The van der Waals surface area contributed by atoms with Gasteiger partial charge in [-0.25, -0.2) is 4.98 Å². The van der Waals surface area contributed by atoms with Gasteiger partial charge in [0.2, 0.25) is 6.29 Å². The van der Waals surface area contributed by atoms with Crippen LogP contribution in [-0.4, -0.2) is 71.1 Å². The van der Waals surface area contributed by atoms with Gasteiger partial charge in [0, 0.05) is 50.9 Å². The molecule has 0 amide bonds. The molecule has 4 rings (SSSR count). The summed E-state index contributed by atoms with van der Waals surface area (Å²) in [6.45, 7) is 1.94. The number of aliphatic hydroxyl groups excluding tert-OH is 2. The van der Waals surface area contributed by atoms with Gasteiger partial charge in [0.1, 0.15) is 5.75 Å². The number of hydrogen-bond donors (Lipinski definition) is 3. The number of aromatic nitrogens is 2. The van der Waals surface area contributed by atoms with E-state index in [1.165, 1.54) is 24.3 Å². The van der Waals surface area contributed by atoms with Crippen molar-refractivity contribution >= 4 is 23.1 Å². The number of ether oxygens (including phenoxy) is 4. The lowest BCUT2D eigenvalue weighted by atomic mass is 10.1. The SMILES string of the molecule is CO.CO.COC1CCC(OC(=S)Nc2ccc(-c3cn(-c4ccc(OC(F)(F)F)cc4)cn3)cc2)O[C@H]1C. The number of methoxy groups -OCH3 is 1. The first-order valence-electron chi connectivity index (χ1n) is 11.8. The number of rotatable bonds is 6. The van der Waals surface area contributed by atoms with Crippen LogP contribution in [0.25, 0.3) is 16.9 Å². The Balaban J connectivity index is 0.00000127. The van der Waals surface area contributed by atoms with E-state index in [9.17, 15) is 13.2 Å². The summed E-state index contributed by atoms with van der Waals surface area (Å²) in [4.78, 5) is 4.39. The molecule has 3 aromatic rings. The lowest BCUT2D eigenvalue weighted by Gasteiger charge is -2.33. The molecule has 2 heterocycles. The fraction of sp³-hybridized carbons (Fsp3) is 0.385. The third kappa shape index (κ3) is 9.79. The molecule has 2 unspecified atom stereocenters. The van der Waals surface area contributed by atoms with Crippen molar-refractivity contribution in [1.29, 1.82) is 0 Å². The lowest BCUT2D eigenvalue weighted by Crippen LogP contribution is -2.40. The second-order valence-electron chi connectivity index (χ2n) is 7.94. The van der Waals surface area contributed by atoms with Gasteiger partial charge in [-0.1, -0.05) is 12.1 Å². The fourth-order valence-corrected chi connectivity index (χ4v) is 3.98. The van der Waals surface area contributed by atoms with Crippen LogP contribution in [0.15, 0.2) is 61.1 Å². The number of anilines is 1. The fourth-order valence-electron chi connectivity index (χ4n) is 3.75. The predicted octanol–water partition coefficient (Wildman–Crippen LogP) is 4.91. The number of benzene rings is 2. The van der Waals surface area contributed by atoms with E-state index in [-0.39, 0.29) is 23.1 Å². The molecule has 214 valence electrons. The van der Waals surface area contributed by atoms with Crippen LogP contribution in [0.3, 0.4) is 0 Å². The highest BCUT2D eigenvalue weighted by Gasteiger charge is 2.31. The van der Waals surface area contributed by atoms with Gasteiger partial charge >= 0.3 is 6.36 Å². The molecule has 0 spiro atoms. The van der Waals surface area contributed by atoms with Gasteiger partial charge in [0.25, 0.3) is 5.17 Å². The summed E-state index contributed by atoms with van der Waals surface area (Å²) >= 11 is 5.30. The van der Waals surface area contributed by atoms with Crippen molar-refractivity contribution < 1.29 is 42.3 Å². The first kappa shape index (κ1) is 32.0. The van der Waals surface area contributed by atoms with E-state index in [0.717, 1.165) is 31.9 Å². The maximum Gasteiger partial charge on any atom is 0.573 e. The third-order valence-electron chi connectivity index (χ3n) is 5.50. The van der Waals surface area contributed by atoms with Crippen LogP contribution in [0.1, 0.15) is 19.8 Å². The topological polar surface area (TPSA) is 107 Å². The van der Waals surface area contributed by atoms with E-state index in [0.29, 0.717) is 17.8 Å². The van der Waals surface area contributed by atoms with Gasteiger partial charge in [-0.2, -0.15) is 0 Å². The zero-order valence-corrected chi connectivity index (χ0v) is 22.7. The van der Waals surface area contributed by atoms with Gasteiger partial charge in [-0.15, -0.1) is 13.2 Å². The highest BCUT2D eigenvalue weighted by Crippen LogP contribution is 2.26. The minimum Gasteiger partial charge on any atom is -0.441 e. The van der Waals surface area contributed by atoms with Crippen molar-refractivity contribution in [2.24, 2.45) is 0 Å². The number of nitrogens with zero attached hydrogens (tertiary/aromatic N) is 2. The molecular weight excluding hydrogens is 539 g/mol. The van der Waals surface area contributed by atoms with Crippen LogP contribution >= 0.6 is 12.2 Å². The Hall–Kier alpha value is -3.23. The van der Waals surface area contributed by atoms with Crippen LogP contribution in [0.4, 0.5) is 18.9 Å². The van der Waals surface area contributed by atoms with Crippen LogP contribution < -0.4 is 10.1 Å². The Morgan fingerprint density at radius 1 is 1.05 bits per heavy atom. The van der Waals surface area contributed by atoms with E-state index in [4.69, 9.17) is 36.6 Å². The molecule has 2 aromatic carbocycles. The summed E-state index contributed by atoms with van der Waals surface area (Å²) in [5.74, 6) is -0.282. The Morgan fingerprint density at radius 3 is 2.26 bits per heavy atom. The molecule has 13 heteroatoms. The quantitative estimate of drug-likeness (QED) is 0.356. The first-order chi connectivity index (χ1) is 18.7. The Morgan fingerprint density at radius 2 is 1.69 bits per heavy atom. The molecule has 1 fully saturated rings. The number of halogens is 3. The minimum absolute atomic E-state index is 0.0511. The molecule has 1 aliphatic rings. The monoisotopic (exact) mass is 571 g/mol. The van der Waals surface area contributed by atoms with Gasteiger partial charge in [-0.3, -0.25) is 0 Å². The molecule has 9 nitrogen and oxygen atoms in total. The Kier molecular flexibility index (Phi) is 12.6. The standard InChI is InChI=1S/C24H24F3N3O4S.2CH4O/c1-15-21(31-2)11-12-22(32-15)33-23(35)29-17-5-3-16(4-6-17)20-13-30(14-28-20)18-7-9-19(10-8-18)34-24(25,26)27;2*1-2/h3-10,13-15,21-22H,11-12H2,1-2H3,(H,29,35);2*2H,1H3/t15-,21?,22?;;/m0../s1. The van der Waals surface area contributed by atoms with Crippen molar-refractivity contribution in [3.8, 4) is 22.7 Å². The first-order valence-corrected chi connectivity index (χ1v) is 12.2. The van der Waals surface area contributed by atoms with E-state index in [1.807, 2.05) is 31.2 Å². The molecule has 1 aliphatic heterocycles. The van der Waals surface area contributed by atoms with Crippen LogP contribution in [-0.2, 0) is 14.2 Å². The smallest absolute Gasteiger partial charge is 0.441 e. The van der Waals surface area contributed by atoms with E-state index in [2.05, 4.69) is 15.0 Å². The van der Waals surface area contributed by atoms with Crippen molar-refractivity contribution in [3.05, 3.63) is 61.1 Å². The van der Waals surface area contributed by atoms with E-state index < -0.39 is 12.7 Å². The highest BCUT2D eigenvalue weighted by atomic mass is 32.1. The number of thiocarbonyl (C=S) groups is 1. The molecule has 0 radical (unpaired) electrons. The maximum atomic E-state index is 12.3. The van der Waals surface area contributed by atoms with Crippen molar-refractivity contribution in [3.63, 3.8) is 0 Å². The largest absolute Gasteiger partial charge is 0.573 e. The second kappa shape index (κ2) is 15.4. The van der Waals surface area contributed by atoms with Crippen molar-refractivity contribution in [2.45, 2.75) is 44.6 Å². The van der Waals surface area contributed by atoms with Crippen LogP contribution in [0, 0.1) is 0 Å². The molecule has 1 saturated heterocycles. The number of aliphatic hydroxyl groups is 2. The number of nitrogens with one attached hydrogen (secondary N) is 1. The van der Waals surface area contributed by atoms with Crippen molar-refractivity contribution in [1.82, 2.24) is 9.55 Å².